The molecule has 0 bridgehead atoms. The molecule has 1 fully saturated rings. The topological polar surface area (TPSA) is 58.6 Å². The summed E-state index contributed by atoms with van der Waals surface area (Å²) in [7, 11) is 1.55. The van der Waals surface area contributed by atoms with Crippen LogP contribution in [-0.4, -0.2) is 60.7 Å². The monoisotopic (exact) mass is 354 g/mol. The van der Waals surface area contributed by atoms with Gasteiger partial charge in [-0.1, -0.05) is 23.8 Å². The molecule has 0 N–H and O–H groups in total. The van der Waals surface area contributed by atoms with Gasteiger partial charge in [-0.15, -0.1) is 0 Å². The maximum absolute atomic E-state index is 12.0. The summed E-state index contributed by atoms with van der Waals surface area (Å²) in [5.41, 5.74) is 4.31. The van der Waals surface area contributed by atoms with Crippen LogP contribution in [0.5, 0.6) is 0 Å². The molecule has 2 aromatic rings. The molecule has 0 saturated carbocycles. The number of nitrogens with zero attached hydrogens (tertiary/aromatic N) is 4. The highest BCUT2D eigenvalue weighted by Gasteiger charge is 2.24. The Morgan fingerprint density at radius 1 is 1.12 bits per heavy atom. The second-order valence-corrected chi connectivity index (χ2v) is 6.75. The zero-order valence-corrected chi connectivity index (χ0v) is 16.0. The van der Waals surface area contributed by atoms with E-state index in [2.05, 4.69) is 35.9 Å². The molecule has 1 aromatic heterocycles. The van der Waals surface area contributed by atoms with Crippen molar-refractivity contribution >= 4 is 11.7 Å². The molecule has 1 saturated heterocycles. The second kappa shape index (κ2) is 7.83. The van der Waals surface area contributed by atoms with Gasteiger partial charge in [0.1, 0.15) is 12.4 Å². The molecule has 2 heterocycles. The molecular formula is C20H26N4O2. The third-order valence-corrected chi connectivity index (χ3v) is 4.84. The van der Waals surface area contributed by atoms with E-state index < -0.39 is 0 Å². The van der Waals surface area contributed by atoms with Crippen molar-refractivity contribution in [2.24, 2.45) is 0 Å². The van der Waals surface area contributed by atoms with Crippen molar-refractivity contribution in [3.8, 4) is 11.4 Å². The molecule has 0 aliphatic carbocycles. The number of anilines is 1. The van der Waals surface area contributed by atoms with Crippen molar-refractivity contribution in [1.29, 1.82) is 0 Å². The fraction of sp³-hybridized carbons (Fsp3) is 0.450. The molecule has 26 heavy (non-hydrogen) atoms. The molecule has 138 valence electrons. The van der Waals surface area contributed by atoms with Crippen molar-refractivity contribution in [2.75, 3.05) is 44.8 Å². The summed E-state index contributed by atoms with van der Waals surface area (Å²) >= 11 is 0. The van der Waals surface area contributed by atoms with Gasteiger partial charge in [0.15, 0.2) is 5.82 Å². The average Bonchev–Trinajstić information content (AvgIpc) is 2.64. The van der Waals surface area contributed by atoms with Gasteiger partial charge in [-0.25, -0.2) is 9.97 Å². The smallest absolute Gasteiger partial charge is 0.248 e. The van der Waals surface area contributed by atoms with Gasteiger partial charge < -0.3 is 14.5 Å². The van der Waals surface area contributed by atoms with Crippen LogP contribution in [0, 0.1) is 20.8 Å². The lowest BCUT2D eigenvalue weighted by atomic mass is 10.1. The highest BCUT2D eigenvalue weighted by Crippen LogP contribution is 2.25. The highest BCUT2D eigenvalue weighted by atomic mass is 16.5. The normalized spacial score (nSPS) is 14.6. The predicted octanol–water partition coefficient (Wildman–Crippen LogP) is 2.36. The number of rotatable bonds is 4. The van der Waals surface area contributed by atoms with E-state index in [-0.39, 0.29) is 12.5 Å². The van der Waals surface area contributed by atoms with E-state index in [1.807, 2.05) is 24.0 Å². The van der Waals surface area contributed by atoms with Crippen molar-refractivity contribution in [1.82, 2.24) is 14.9 Å². The number of hydrogen-bond acceptors (Lipinski definition) is 5. The molecule has 1 aliphatic rings. The van der Waals surface area contributed by atoms with Crippen molar-refractivity contribution in [2.45, 2.75) is 20.8 Å². The van der Waals surface area contributed by atoms with Gasteiger partial charge in [0.25, 0.3) is 0 Å². The zero-order chi connectivity index (χ0) is 18.7. The number of carbonyl (C=O) groups is 1. The number of carbonyl (C=O) groups excluding carboxylic acids is 1. The first-order valence-electron chi connectivity index (χ1n) is 8.93. The standard InChI is InChI=1S/C20H26N4O2/c1-14-6-5-7-17(12-14)19-21-16(3)15(2)20(22-19)24-10-8-23(9-11-24)18(25)13-26-4/h5-7,12H,8-11,13H2,1-4H3. The number of aromatic nitrogens is 2. The first-order valence-corrected chi connectivity index (χ1v) is 8.93. The maximum Gasteiger partial charge on any atom is 0.248 e. The number of amides is 1. The summed E-state index contributed by atoms with van der Waals surface area (Å²) < 4.78 is 4.95. The number of hydrogen-bond donors (Lipinski definition) is 0. The van der Waals surface area contributed by atoms with Gasteiger partial charge in [0.2, 0.25) is 5.91 Å². The summed E-state index contributed by atoms with van der Waals surface area (Å²) in [4.78, 5) is 25.6. The largest absolute Gasteiger partial charge is 0.375 e. The van der Waals surface area contributed by atoms with Gasteiger partial charge in [-0.2, -0.15) is 0 Å². The number of benzene rings is 1. The molecule has 1 aliphatic heterocycles. The molecule has 0 atom stereocenters. The SMILES string of the molecule is COCC(=O)N1CCN(c2nc(-c3cccc(C)c3)nc(C)c2C)CC1. The Hall–Kier alpha value is -2.47. The summed E-state index contributed by atoms with van der Waals surface area (Å²) in [5.74, 6) is 1.76. The van der Waals surface area contributed by atoms with Crippen LogP contribution in [0.25, 0.3) is 11.4 Å². The number of ether oxygens (including phenoxy) is 1. The van der Waals surface area contributed by atoms with Crippen LogP contribution < -0.4 is 4.90 Å². The van der Waals surface area contributed by atoms with Crippen molar-refractivity contribution in [3.63, 3.8) is 0 Å². The fourth-order valence-electron chi connectivity index (χ4n) is 3.22. The van der Waals surface area contributed by atoms with Crippen LogP contribution in [0.2, 0.25) is 0 Å². The summed E-state index contributed by atoms with van der Waals surface area (Å²) in [5, 5.41) is 0. The van der Waals surface area contributed by atoms with Gasteiger partial charge in [-0.05, 0) is 26.8 Å². The van der Waals surface area contributed by atoms with Gasteiger partial charge >= 0.3 is 0 Å². The summed E-state index contributed by atoms with van der Waals surface area (Å²) in [6.07, 6.45) is 0. The number of piperazine rings is 1. The summed E-state index contributed by atoms with van der Waals surface area (Å²) in [6, 6.07) is 8.25. The van der Waals surface area contributed by atoms with E-state index in [0.29, 0.717) is 13.1 Å². The Morgan fingerprint density at radius 3 is 2.50 bits per heavy atom. The molecule has 6 nitrogen and oxygen atoms in total. The third kappa shape index (κ3) is 3.85. The number of aryl methyl sites for hydroxylation is 2. The molecule has 6 heteroatoms. The lowest BCUT2D eigenvalue weighted by Gasteiger charge is -2.36. The van der Waals surface area contributed by atoms with E-state index in [1.54, 1.807) is 7.11 Å². The molecule has 0 radical (unpaired) electrons. The third-order valence-electron chi connectivity index (χ3n) is 4.84. The van der Waals surface area contributed by atoms with Gasteiger partial charge in [-0.3, -0.25) is 4.79 Å². The van der Waals surface area contributed by atoms with E-state index in [0.717, 1.165) is 41.6 Å². The quantitative estimate of drug-likeness (QED) is 0.844. The molecule has 0 spiro atoms. The van der Waals surface area contributed by atoms with Crippen molar-refractivity contribution in [3.05, 3.63) is 41.1 Å². The minimum atomic E-state index is 0.0446. The van der Waals surface area contributed by atoms with Crippen LogP contribution in [0.15, 0.2) is 24.3 Å². The van der Waals surface area contributed by atoms with E-state index >= 15 is 0 Å². The van der Waals surface area contributed by atoms with Crippen LogP contribution >= 0.6 is 0 Å². The molecule has 3 rings (SSSR count). The van der Waals surface area contributed by atoms with Crippen LogP contribution in [-0.2, 0) is 9.53 Å². The van der Waals surface area contributed by atoms with E-state index in [4.69, 9.17) is 9.72 Å². The molecule has 1 aromatic carbocycles. The first-order chi connectivity index (χ1) is 12.5. The molecular weight excluding hydrogens is 328 g/mol. The van der Waals surface area contributed by atoms with Crippen molar-refractivity contribution < 1.29 is 9.53 Å². The van der Waals surface area contributed by atoms with Crippen LogP contribution in [0.3, 0.4) is 0 Å². The minimum Gasteiger partial charge on any atom is -0.375 e. The Kier molecular flexibility index (Phi) is 5.52. The molecule has 1 amide bonds. The Balaban J connectivity index is 1.83. The summed E-state index contributed by atoms with van der Waals surface area (Å²) in [6.45, 7) is 9.20. The van der Waals surface area contributed by atoms with E-state index in [1.165, 1.54) is 5.56 Å². The molecule has 0 unspecified atom stereocenters. The second-order valence-electron chi connectivity index (χ2n) is 6.75. The number of methoxy groups -OCH3 is 1. The van der Waals surface area contributed by atoms with Crippen LogP contribution in [0.1, 0.15) is 16.8 Å². The van der Waals surface area contributed by atoms with Gasteiger partial charge in [0.05, 0.1) is 0 Å². The minimum absolute atomic E-state index is 0.0446. The van der Waals surface area contributed by atoms with Crippen LogP contribution in [0.4, 0.5) is 5.82 Å². The Morgan fingerprint density at radius 2 is 1.85 bits per heavy atom. The first kappa shape index (κ1) is 18.3. The fourth-order valence-corrected chi connectivity index (χ4v) is 3.22. The zero-order valence-electron chi connectivity index (χ0n) is 16.0. The Labute approximate surface area is 154 Å². The highest BCUT2D eigenvalue weighted by molar-refractivity contribution is 5.77. The maximum atomic E-state index is 12.0. The van der Waals surface area contributed by atoms with Gasteiger partial charge in [0, 0.05) is 50.1 Å². The van der Waals surface area contributed by atoms with E-state index in [9.17, 15) is 4.79 Å². The lowest BCUT2D eigenvalue weighted by Crippen LogP contribution is -2.50. The predicted molar refractivity (Wildman–Crippen MR) is 102 cm³/mol. The lowest BCUT2D eigenvalue weighted by molar-refractivity contribution is -0.135. The Bertz CT molecular complexity index is 798. The average molecular weight is 354 g/mol.